The Morgan fingerprint density at radius 2 is 1.94 bits per heavy atom. The van der Waals surface area contributed by atoms with Crippen molar-refractivity contribution in [2.75, 3.05) is 26.1 Å². The molecule has 1 atom stereocenters. The summed E-state index contributed by atoms with van der Waals surface area (Å²) in [6.07, 6.45) is 0.740. The molecule has 0 aromatic rings. The van der Waals surface area contributed by atoms with Gasteiger partial charge in [0.2, 0.25) is 0 Å². The number of esters is 1. The van der Waals surface area contributed by atoms with E-state index in [4.69, 9.17) is 9.47 Å². The van der Waals surface area contributed by atoms with Gasteiger partial charge in [-0.3, -0.25) is 4.18 Å². The molecule has 0 fully saturated rings. The highest BCUT2D eigenvalue weighted by atomic mass is 32.2. The fraction of sp³-hybridized carbons (Fsp3) is 0.889. The van der Waals surface area contributed by atoms with Crippen LogP contribution in [0, 0.1) is 0 Å². The summed E-state index contributed by atoms with van der Waals surface area (Å²) in [5.74, 6) is -0.425. The van der Waals surface area contributed by atoms with E-state index in [0.717, 1.165) is 6.26 Å². The standard InChI is InChI=1S/C9H18O6S/c1-4-13-9(10)8(2)14-6-5-7-15-16(3,11)12/h8H,4-7H2,1-3H3/t8-/m1/s1. The van der Waals surface area contributed by atoms with Gasteiger partial charge >= 0.3 is 5.97 Å². The smallest absolute Gasteiger partial charge is 0.334 e. The van der Waals surface area contributed by atoms with Gasteiger partial charge in [0, 0.05) is 6.61 Å². The molecule has 0 spiro atoms. The SMILES string of the molecule is CCOC(=O)[C@@H](C)OCCCOS(C)(=O)=O. The average molecular weight is 254 g/mol. The molecule has 0 radical (unpaired) electrons. The van der Waals surface area contributed by atoms with Crippen LogP contribution in [0.3, 0.4) is 0 Å². The molecular weight excluding hydrogens is 236 g/mol. The van der Waals surface area contributed by atoms with Crippen molar-refractivity contribution in [2.45, 2.75) is 26.4 Å². The molecule has 0 aliphatic heterocycles. The third kappa shape index (κ3) is 8.63. The first kappa shape index (κ1) is 15.3. The maximum atomic E-state index is 11.1. The molecule has 0 aromatic heterocycles. The molecule has 6 nitrogen and oxygen atoms in total. The number of hydrogen-bond acceptors (Lipinski definition) is 6. The van der Waals surface area contributed by atoms with Gasteiger partial charge in [-0.1, -0.05) is 0 Å². The van der Waals surface area contributed by atoms with Crippen LogP contribution >= 0.6 is 0 Å². The van der Waals surface area contributed by atoms with Crippen LogP contribution in [0.1, 0.15) is 20.3 Å². The van der Waals surface area contributed by atoms with Gasteiger partial charge in [0.25, 0.3) is 10.1 Å². The molecule has 0 aromatic carbocycles. The summed E-state index contributed by atoms with van der Waals surface area (Å²) in [7, 11) is -3.40. The quantitative estimate of drug-likeness (QED) is 0.352. The summed E-state index contributed by atoms with van der Waals surface area (Å²) in [5, 5.41) is 0. The largest absolute Gasteiger partial charge is 0.464 e. The Bertz CT molecular complexity index is 297. The summed E-state index contributed by atoms with van der Waals surface area (Å²) < 4.78 is 35.5. The van der Waals surface area contributed by atoms with E-state index in [2.05, 4.69) is 4.18 Å². The number of carbonyl (C=O) groups is 1. The van der Waals surface area contributed by atoms with Crippen LogP contribution in [0.4, 0.5) is 0 Å². The second-order valence-corrected chi connectivity index (χ2v) is 4.79. The van der Waals surface area contributed by atoms with Gasteiger partial charge in [0.1, 0.15) is 0 Å². The minimum absolute atomic E-state index is 0.0500. The van der Waals surface area contributed by atoms with Gasteiger partial charge in [0.05, 0.1) is 19.5 Å². The van der Waals surface area contributed by atoms with Crippen molar-refractivity contribution in [3.05, 3.63) is 0 Å². The van der Waals surface area contributed by atoms with Gasteiger partial charge in [-0.05, 0) is 20.3 Å². The zero-order valence-electron chi connectivity index (χ0n) is 9.76. The lowest BCUT2D eigenvalue weighted by atomic mass is 10.4. The van der Waals surface area contributed by atoms with E-state index in [1.165, 1.54) is 0 Å². The fourth-order valence-corrected chi connectivity index (χ4v) is 1.28. The molecule has 0 saturated carbocycles. The fourth-order valence-electron chi connectivity index (χ4n) is 0.857. The van der Waals surface area contributed by atoms with E-state index in [9.17, 15) is 13.2 Å². The van der Waals surface area contributed by atoms with Crippen LogP contribution in [-0.4, -0.2) is 46.6 Å². The Morgan fingerprint density at radius 3 is 2.44 bits per heavy atom. The zero-order valence-corrected chi connectivity index (χ0v) is 10.6. The second-order valence-electron chi connectivity index (χ2n) is 3.14. The summed E-state index contributed by atoms with van der Waals surface area (Å²) in [4.78, 5) is 11.1. The zero-order chi connectivity index (χ0) is 12.6. The molecular formula is C9H18O6S. The van der Waals surface area contributed by atoms with Crippen molar-refractivity contribution in [3.63, 3.8) is 0 Å². The van der Waals surface area contributed by atoms with Gasteiger partial charge in [-0.2, -0.15) is 8.42 Å². The van der Waals surface area contributed by atoms with Crippen molar-refractivity contribution in [3.8, 4) is 0 Å². The van der Waals surface area contributed by atoms with Crippen molar-refractivity contribution < 1.29 is 26.9 Å². The number of carbonyl (C=O) groups excluding carboxylic acids is 1. The van der Waals surface area contributed by atoms with Crippen LogP contribution in [0.2, 0.25) is 0 Å². The third-order valence-electron chi connectivity index (χ3n) is 1.57. The summed E-state index contributed by atoms with van der Waals surface area (Å²) in [5.41, 5.74) is 0. The van der Waals surface area contributed by atoms with Crippen LogP contribution in [0.25, 0.3) is 0 Å². The molecule has 96 valence electrons. The Kier molecular flexibility index (Phi) is 7.27. The van der Waals surface area contributed by atoms with Crippen LogP contribution in [0.15, 0.2) is 0 Å². The van der Waals surface area contributed by atoms with E-state index in [0.29, 0.717) is 13.0 Å². The molecule has 0 bridgehead atoms. The molecule has 0 N–H and O–H groups in total. The topological polar surface area (TPSA) is 78.9 Å². The molecule has 0 rings (SSSR count). The lowest BCUT2D eigenvalue weighted by Crippen LogP contribution is -2.24. The molecule has 0 aliphatic carbocycles. The molecule has 16 heavy (non-hydrogen) atoms. The van der Waals surface area contributed by atoms with Gasteiger partial charge < -0.3 is 9.47 Å². The van der Waals surface area contributed by atoms with Gasteiger partial charge in [-0.25, -0.2) is 4.79 Å². The molecule has 0 unspecified atom stereocenters. The monoisotopic (exact) mass is 254 g/mol. The van der Waals surface area contributed by atoms with E-state index >= 15 is 0 Å². The molecule has 0 saturated heterocycles. The maximum absolute atomic E-state index is 11.1. The first-order valence-electron chi connectivity index (χ1n) is 4.99. The van der Waals surface area contributed by atoms with Crippen molar-refractivity contribution in [1.29, 1.82) is 0 Å². The number of ether oxygens (including phenoxy) is 2. The van der Waals surface area contributed by atoms with Gasteiger partial charge in [-0.15, -0.1) is 0 Å². The van der Waals surface area contributed by atoms with E-state index in [-0.39, 0.29) is 13.2 Å². The second kappa shape index (κ2) is 7.59. The van der Waals surface area contributed by atoms with Gasteiger partial charge in [0.15, 0.2) is 6.10 Å². The summed E-state index contributed by atoms with van der Waals surface area (Å²) in [6, 6.07) is 0. The van der Waals surface area contributed by atoms with Crippen molar-refractivity contribution in [2.24, 2.45) is 0 Å². The lowest BCUT2D eigenvalue weighted by molar-refractivity contribution is -0.155. The van der Waals surface area contributed by atoms with E-state index in [1.807, 2.05) is 0 Å². The predicted molar refractivity (Wildman–Crippen MR) is 57.5 cm³/mol. The first-order chi connectivity index (χ1) is 7.37. The molecule has 7 heteroatoms. The molecule has 0 amide bonds. The van der Waals surface area contributed by atoms with Crippen LogP contribution in [-0.2, 0) is 28.6 Å². The highest BCUT2D eigenvalue weighted by Crippen LogP contribution is 1.97. The summed E-state index contributed by atoms with van der Waals surface area (Å²) >= 11 is 0. The summed E-state index contributed by atoms with van der Waals surface area (Å²) in [6.45, 7) is 3.90. The lowest BCUT2D eigenvalue weighted by Gasteiger charge is -2.11. The van der Waals surface area contributed by atoms with Crippen molar-refractivity contribution >= 4 is 16.1 Å². The molecule has 0 aliphatic rings. The Balaban J connectivity index is 3.55. The van der Waals surface area contributed by atoms with E-state index in [1.54, 1.807) is 13.8 Å². The van der Waals surface area contributed by atoms with Crippen LogP contribution < -0.4 is 0 Å². The normalized spacial score (nSPS) is 13.4. The maximum Gasteiger partial charge on any atom is 0.334 e. The molecule has 0 heterocycles. The third-order valence-corrected chi connectivity index (χ3v) is 2.17. The average Bonchev–Trinajstić information content (AvgIpc) is 2.15. The minimum Gasteiger partial charge on any atom is -0.464 e. The highest BCUT2D eigenvalue weighted by molar-refractivity contribution is 7.85. The Morgan fingerprint density at radius 1 is 1.31 bits per heavy atom. The minimum atomic E-state index is -3.40. The number of rotatable bonds is 8. The Hall–Kier alpha value is -0.660. The Labute approximate surface area is 96.0 Å². The first-order valence-corrected chi connectivity index (χ1v) is 6.81. The predicted octanol–water partition coefficient (Wildman–Crippen LogP) is 0.321. The van der Waals surface area contributed by atoms with E-state index < -0.39 is 22.2 Å². The van der Waals surface area contributed by atoms with Crippen LogP contribution in [0.5, 0.6) is 0 Å². The van der Waals surface area contributed by atoms with Crippen molar-refractivity contribution in [1.82, 2.24) is 0 Å². The number of hydrogen-bond donors (Lipinski definition) is 0. The highest BCUT2D eigenvalue weighted by Gasteiger charge is 2.13.